The number of nitrogens with zero attached hydrogens (tertiary/aromatic N) is 1. The largest absolute Gasteiger partial charge is 0.492 e. The van der Waals surface area contributed by atoms with Crippen molar-refractivity contribution >= 4 is 27.8 Å². The number of sulfonamides is 1. The van der Waals surface area contributed by atoms with Crippen LogP contribution in [0.2, 0.25) is 0 Å². The second-order valence-corrected chi connectivity index (χ2v) is 12.4. The number of carboxylic acid groups (broad SMARTS) is 1. The molecule has 2 aromatic carbocycles. The van der Waals surface area contributed by atoms with E-state index in [9.17, 15) is 27.8 Å². The number of halogens is 1. The maximum absolute atomic E-state index is 14.1. The standard InChI is InChI=1S/C27H31FN2O6S/c1-27(2,33)18-9-11-30(14-18)10-3-4-16-12-19(28)5-8-23(16)37(34,35)29-22-7-6-20-21-13-17(21)15-36-25(20)24(22)26(31)32/h3-8,12,17-18,21,29,33H,9-11,13-15H2,1-2H3,(H,31,32)/t17-,18-,21-/m0/s1. The number of ether oxygens (including phenoxy) is 1. The first-order valence-electron chi connectivity index (χ1n) is 12.4. The third kappa shape index (κ3) is 5.23. The van der Waals surface area contributed by atoms with Crippen LogP contribution in [-0.4, -0.2) is 61.3 Å². The van der Waals surface area contributed by atoms with Crippen molar-refractivity contribution in [1.82, 2.24) is 4.90 Å². The lowest BCUT2D eigenvalue weighted by atomic mass is 9.90. The third-order valence-corrected chi connectivity index (χ3v) is 9.04. The summed E-state index contributed by atoms with van der Waals surface area (Å²) in [5.41, 5.74) is -0.154. The molecule has 1 aliphatic carbocycles. The summed E-state index contributed by atoms with van der Waals surface area (Å²) >= 11 is 0. The lowest BCUT2D eigenvalue weighted by Crippen LogP contribution is -2.33. The van der Waals surface area contributed by atoms with E-state index < -0.39 is 27.4 Å². The number of nitrogens with one attached hydrogen (secondary N) is 1. The van der Waals surface area contributed by atoms with Gasteiger partial charge in [-0.1, -0.05) is 18.2 Å². The lowest BCUT2D eigenvalue weighted by molar-refractivity contribution is 0.0215. The van der Waals surface area contributed by atoms with Crippen molar-refractivity contribution in [2.24, 2.45) is 11.8 Å². The Morgan fingerprint density at radius 1 is 1.30 bits per heavy atom. The predicted molar refractivity (Wildman–Crippen MR) is 137 cm³/mol. The van der Waals surface area contributed by atoms with Crippen LogP contribution in [0.4, 0.5) is 10.1 Å². The van der Waals surface area contributed by atoms with Gasteiger partial charge in [-0.2, -0.15) is 0 Å². The fraction of sp³-hybridized carbons (Fsp3) is 0.444. The molecule has 8 nitrogen and oxygen atoms in total. The molecule has 3 N–H and O–H groups in total. The van der Waals surface area contributed by atoms with Gasteiger partial charge in [0.15, 0.2) is 0 Å². The van der Waals surface area contributed by atoms with Gasteiger partial charge in [-0.3, -0.25) is 9.62 Å². The van der Waals surface area contributed by atoms with Gasteiger partial charge in [-0.25, -0.2) is 17.6 Å². The summed E-state index contributed by atoms with van der Waals surface area (Å²) in [4.78, 5) is 14.1. The van der Waals surface area contributed by atoms with Crippen molar-refractivity contribution in [3.8, 4) is 5.75 Å². The van der Waals surface area contributed by atoms with E-state index in [0.29, 0.717) is 25.6 Å². The Morgan fingerprint density at radius 2 is 2.08 bits per heavy atom. The van der Waals surface area contributed by atoms with Crippen molar-refractivity contribution in [2.45, 2.75) is 43.1 Å². The molecule has 0 spiro atoms. The first-order chi connectivity index (χ1) is 17.4. The second kappa shape index (κ2) is 9.41. The smallest absolute Gasteiger partial charge is 0.341 e. The molecule has 5 rings (SSSR count). The number of likely N-dealkylation sites (tertiary alicyclic amines) is 1. The second-order valence-electron chi connectivity index (χ2n) is 10.7. The highest BCUT2D eigenvalue weighted by atomic mass is 32.2. The average Bonchev–Trinajstić information content (AvgIpc) is 3.45. The van der Waals surface area contributed by atoms with Crippen LogP contribution in [0.25, 0.3) is 6.08 Å². The van der Waals surface area contributed by atoms with Crippen LogP contribution >= 0.6 is 0 Å². The molecule has 1 saturated carbocycles. The normalized spacial score (nSPS) is 23.4. The number of rotatable bonds is 8. The Bertz CT molecular complexity index is 1370. The number of hydrogen-bond acceptors (Lipinski definition) is 6. The molecule has 0 bridgehead atoms. The molecule has 0 unspecified atom stereocenters. The summed E-state index contributed by atoms with van der Waals surface area (Å²) in [6.07, 6.45) is 5.11. The number of carboxylic acids is 1. The molecule has 2 aromatic rings. The fourth-order valence-corrected chi connectivity index (χ4v) is 6.60. The minimum atomic E-state index is -4.26. The van der Waals surface area contributed by atoms with Crippen LogP contribution < -0.4 is 9.46 Å². The summed E-state index contributed by atoms with van der Waals surface area (Å²) in [6, 6.07) is 6.53. The van der Waals surface area contributed by atoms with Crippen LogP contribution in [0.5, 0.6) is 5.75 Å². The van der Waals surface area contributed by atoms with Gasteiger partial charge in [0, 0.05) is 24.9 Å². The quantitative estimate of drug-likeness (QED) is 0.474. The van der Waals surface area contributed by atoms with Crippen LogP contribution in [0, 0.1) is 17.7 Å². The van der Waals surface area contributed by atoms with Crippen molar-refractivity contribution in [3.63, 3.8) is 0 Å². The molecule has 10 heteroatoms. The average molecular weight is 531 g/mol. The number of aliphatic hydroxyl groups is 1. The number of aromatic carboxylic acids is 1. The first-order valence-corrected chi connectivity index (χ1v) is 13.9. The topological polar surface area (TPSA) is 116 Å². The summed E-state index contributed by atoms with van der Waals surface area (Å²) in [5, 5.41) is 20.1. The van der Waals surface area contributed by atoms with E-state index >= 15 is 0 Å². The fourth-order valence-electron chi connectivity index (χ4n) is 5.34. The molecule has 0 amide bonds. The van der Waals surface area contributed by atoms with E-state index in [0.717, 1.165) is 37.1 Å². The molecule has 3 atom stereocenters. The van der Waals surface area contributed by atoms with Crippen molar-refractivity contribution in [3.05, 3.63) is 58.9 Å². The number of hydrogen-bond donors (Lipinski definition) is 3. The molecule has 1 saturated heterocycles. The Labute approximate surface area is 215 Å². The van der Waals surface area contributed by atoms with E-state index in [1.165, 1.54) is 12.1 Å². The minimum absolute atomic E-state index is 0.0978. The van der Waals surface area contributed by atoms with Gasteiger partial charge in [0.25, 0.3) is 10.0 Å². The molecular formula is C27H31FN2O6S. The van der Waals surface area contributed by atoms with Gasteiger partial charge in [-0.15, -0.1) is 0 Å². The van der Waals surface area contributed by atoms with Gasteiger partial charge >= 0.3 is 5.97 Å². The molecule has 0 aromatic heterocycles. The molecule has 2 aliphatic heterocycles. The lowest BCUT2D eigenvalue weighted by Gasteiger charge is -2.25. The van der Waals surface area contributed by atoms with Gasteiger partial charge in [0.05, 0.1) is 22.8 Å². The van der Waals surface area contributed by atoms with Crippen molar-refractivity contribution < 1.29 is 32.6 Å². The Balaban J connectivity index is 1.39. The molecule has 3 aliphatic rings. The van der Waals surface area contributed by atoms with E-state index in [4.69, 9.17) is 4.74 Å². The molecule has 2 fully saturated rings. The Kier molecular flexibility index (Phi) is 6.54. The van der Waals surface area contributed by atoms with Gasteiger partial charge in [-0.05, 0) is 74.5 Å². The third-order valence-electron chi connectivity index (χ3n) is 7.60. The van der Waals surface area contributed by atoms with Gasteiger partial charge in [0.1, 0.15) is 17.1 Å². The number of anilines is 1. The number of carbonyl (C=O) groups is 1. The predicted octanol–water partition coefficient (Wildman–Crippen LogP) is 3.93. The maximum Gasteiger partial charge on any atom is 0.341 e. The Hall–Kier alpha value is -2.95. The number of fused-ring (bicyclic) bond motifs is 3. The van der Waals surface area contributed by atoms with E-state index in [-0.39, 0.29) is 39.3 Å². The SMILES string of the molecule is CC(C)(O)[C@H]1CCN(CC=Cc2cc(F)ccc2S(=O)(=O)Nc2ccc3c(c2C(=O)O)OC[C@@H]2C[C@H]32)C1. The summed E-state index contributed by atoms with van der Waals surface area (Å²) in [7, 11) is -4.26. The van der Waals surface area contributed by atoms with E-state index in [1.807, 2.05) is 0 Å². The molecule has 37 heavy (non-hydrogen) atoms. The van der Waals surface area contributed by atoms with E-state index in [2.05, 4.69) is 9.62 Å². The van der Waals surface area contributed by atoms with Crippen molar-refractivity contribution in [1.29, 1.82) is 0 Å². The summed E-state index contributed by atoms with van der Waals surface area (Å²) in [6.45, 7) is 6.03. The number of benzene rings is 2. The van der Waals surface area contributed by atoms with Crippen molar-refractivity contribution in [2.75, 3.05) is 31.0 Å². The van der Waals surface area contributed by atoms with Crippen LogP contribution in [-0.2, 0) is 10.0 Å². The monoisotopic (exact) mass is 530 g/mol. The van der Waals surface area contributed by atoms with E-state index in [1.54, 1.807) is 32.1 Å². The minimum Gasteiger partial charge on any atom is -0.492 e. The molecule has 198 valence electrons. The van der Waals surface area contributed by atoms with Crippen LogP contribution in [0.3, 0.4) is 0 Å². The zero-order valence-corrected chi connectivity index (χ0v) is 21.6. The highest BCUT2D eigenvalue weighted by molar-refractivity contribution is 7.92. The molecule has 2 heterocycles. The molecule has 0 radical (unpaired) electrons. The summed E-state index contributed by atoms with van der Waals surface area (Å²) in [5.74, 6) is -0.898. The highest BCUT2D eigenvalue weighted by Crippen LogP contribution is 2.55. The zero-order chi connectivity index (χ0) is 26.5. The first kappa shape index (κ1) is 25.7. The molecular weight excluding hydrogens is 499 g/mol. The van der Waals surface area contributed by atoms with Gasteiger partial charge < -0.3 is 14.9 Å². The summed E-state index contributed by atoms with van der Waals surface area (Å²) < 4.78 is 49.0. The Morgan fingerprint density at radius 3 is 2.78 bits per heavy atom. The van der Waals surface area contributed by atoms with Gasteiger partial charge in [0.2, 0.25) is 0 Å². The highest BCUT2D eigenvalue weighted by Gasteiger charge is 2.45. The maximum atomic E-state index is 14.1. The van der Waals surface area contributed by atoms with Crippen LogP contribution in [0.1, 0.15) is 54.1 Å². The zero-order valence-electron chi connectivity index (χ0n) is 20.8. The van der Waals surface area contributed by atoms with Crippen LogP contribution in [0.15, 0.2) is 41.3 Å².